The minimum Gasteiger partial charge on any atom is -0.371 e. The molecule has 0 spiro atoms. The van der Waals surface area contributed by atoms with Crippen LogP contribution in [0, 0.1) is 0 Å². The van der Waals surface area contributed by atoms with E-state index >= 15 is 0 Å². The lowest BCUT2D eigenvalue weighted by Crippen LogP contribution is -2.49. The van der Waals surface area contributed by atoms with Crippen molar-refractivity contribution >= 4 is 7.60 Å². The minimum atomic E-state index is -3.79. The summed E-state index contributed by atoms with van der Waals surface area (Å²) in [4.78, 5) is 0. The van der Waals surface area contributed by atoms with Crippen LogP contribution in [0.5, 0.6) is 0 Å². The van der Waals surface area contributed by atoms with E-state index in [9.17, 15) is 4.57 Å². The first-order chi connectivity index (χ1) is 21.3. The molecule has 5 atom stereocenters. The van der Waals surface area contributed by atoms with Gasteiger partial charge in [0.25, 0.3) is 0 Å². The molecule has 3 aromatic carbocycles. The van der Waals surface area contributed by atoms with Gasteiger partial charge in [-0.15, -0.1) is 0 Å². The van der Waals surface area contributed by atoms with Crippen molar-refractivity contribution in [2.24, 2.45) is 0 Å². The lowest BCUT2D eigenvalue weighted by molar-refractivity contribution is -0.280. The van der Waals surface area contributed by atoms with E-state index in [2.05, 4.69) is 5.32 Å². The molecule has 238 valence electrons. The van der Waals surface area contributed by atoms with Gasteiger partial charge in [-0.25, -0.2) is 0 Å². The zero-order valence-corrected chi connectivity index (χ0v) is 26.8. The van der Waals surface area contributed by atoms with E-state index in [0.717, 1.165) is 16.7 Å². The van der Waals surface area contributed by atoms with Gasteiger partial charge in [-0.1, -0.05) is 91.0 Å². The van der Waals surface area contributed by atoms with Crippen LogP contribution in [0.25, 0.3) is 0 Å². The van der Waals surface area contributed by atoms with Crippen molar-refractivity contribution in [3.05, 3.63) is 108 Å². The van der Waals surface area contributed by atoms with E-state index in [0.29, 0.717) is 13.2 Å². The van der Waals surface area contributed by atoms with Gasteiger partial charge in [0.1, 0.15) is 30.7 Å². The van der Waals surface area contributed by atoms with Crippen LogP contribution in [0.1, 0.15) is 44.4 Å². The first-order valence-electron chi connectivity index (χ1n) is 15.3. The monoisotopic (exact) mass is 625 g/mol. The van der Waals surface area contributed by atoms with E-state index in [1.165, 1.54) is 0 Å². The molecule has 2 heterocycles. The number of benzene rings is 3. The Kier molecular flexibility index (Phi) is 11.1. The summed E-state index contributed by atoms with van der Waals surface area (Å²) in [6.45, 7) is 8.76. The summed E-state index contributed by atoms with van der Waals surface area (Å²) in [5.41, 5.74) is 3.00. The van der Waals surface area contributed by atoms with Gasteiger partial charge in [0.05, 0.1) is 26.4 Å². The average Bonchev–Trinajstić information content (AvgIpc) is 3.44. The van der Waals surface area contributed by atoms with Gasteiger partial charge in [0, 0.05) is 6.54 Å². The lowest BCUT2D eigenvalue weighted by atomic mass is 10.0. The van der Waals surface area contributed by atoms with Crippen molar-refractivity contribution in [1.29, 1.82) is 0 Å². The summed E-state index contributed by atoms with van der Waals surface area (Å²) in [7, 11) is -3.79. The van der Waals surface area contributed by atoms with Gasteiger partial charge in [-0.2, -0.15) is 0 Å². The van der Waals surface area contributed by atoms with E-state index < -0.39 is 43.3 Å². The number of rotatable bonds is 16. The molecule has 0 aromatic heterocycles. The Labute approximate surface area is 260 Å². The van der Waals surface area contributed by atoms with Crippen molar-refractivity contribution in [1.82, 2.24) is 5.32 Å². The maximum atomic E-state index is 14.5. The second-order valence-corrected chi connectivity index (χ2v) is 13.5. The van der Waals surface area contributed by atoms with Crippen LogP contribution in [-0.4, -0.2) is 55.5 Å². The van der Waals surface area contributed by atoms with Crippen LogP contribution in [0.2, 0.25) is 0 Å². The minimum absolute atomic E-state index is 0.0661. The van der Waals surface area contributed by atoms with Crippen LogP contribution in [-0.2, 0) is 57.1 Å². The molecular weight excluding hydrogens is 581 g/mol. The Balaban J connectivity index is 1.49. The Morgan fingerprint density at radius 1 is 0.795 bits per heavy atom. The predicted octanol–water partition coefficient (Wildman–Crippen LogP) is 6.42. The SMILES string of the molecule is CCOP(=O)(OCC)[C@H](NCc1ccccc1)[C@@H]1O[C@@]2(COCc3ccccc3)OC(C)(C)O[C@H]2[C@@H]1OCc1ccccc1. The Morgan fingerprint density at radius 2 is 1.34 bits per heavy atom. The highest BCUT2D eigenvalue weighted by Gasteiger charge is 2.68. The maximum absolute atomic E-state index is 14.5. The standard InChI is InChI=1S/C34H44NO8P/c1-5-39-44(36,40-6-2)32(35-22-26-16-10-7-11-17-26)30-29(38-24-28-20-14-9-15-21-28)31-34(41-30,43-33(3,4)42-31)25-37-23-27-18-12-8-13-19-27/h7-21,29-32,35H,5-6,22-25H2,1-4H3/t29-,30-,31+,32+,34+/m1/s1. The van der Waals surface area contributed by atoms with Crippen LogP contribution in [0.3, 0.4) is 0 Å². The summed E-state index contributed by atoms with van der Waals surface area (Å²) < 4.78 is 59.0. The number of hydrogen-bond acceptors (Lipinski definition) is 9. The summed E-state index contributed by atoms with van der Waals surface area (Å²) in [6, 6.07) is 29.6. The Bertz CT molecular complexity index is 1340. The fourth-order valence-corrected chi connectivity index (χ4v) is 7.80. The molecule has 0 amide bonds. The molecule has 2 fully saturated rings. The highest BCUT2D eigenvalue weighted by atomic mass is 31.2. The Morgan fingerprint density at radius 3 is 1.91 bits per heavy atom. The van der Waals surface area contributed by atoms with Crippen molar-refractivity contribution in [2.75, 3.05) is 19.8 Å². The molecule has 9 nitrogen and oxygen atoms in total. The molecule has 1 N–H and O–H groups in total. The molecule has 10 heteroatoms. The summed E-state index contributed by atoms with van der Waals surface area (Å²) in [5.74, 6) is -3.22. The molecule has 2 saturated heterocycles. The highest BCUT2D eigenvalue weighted by molar-refractivity contribution is 7.54. The third-order valence-electron chi connectivity index (χ3n) is 7.55. The quantitative estimate of drug-likeness (QED) is 0.181. The summed E-state index contributed by atoms with van der Waals surface area (Å²) in [6.07, 6.45) is -2.24. The predicted molar refractivity (Wildman–Crippen MR) is 167 cm³/mol. The van der Waals surface area contributed by atoms with Gasteiger partial charge in [0.2, 0.25) is 5.79 Å². The molecule has 0 radical (unpaired) electrons. The largest absolute Gasteiger partial charge is 0.371 e. The second-order valence-electron chi connectivity index (χ2n) is 11.4. The average molecular weight is 626 g/mol. The second kappa shape index (κ2) is 14.8. The number of ether oxygens (including phenoxy) is 5. The number of fused-ring (bicyclic) bond motifs is 1. The molecule has 0 unspecified atom stereocenters. The molecule has 3 aromatic rings. The summed E-state index contributed by atoms with van der Waals surface area (Å²) >= 11 is 0. The van der Waals surface area contributed by atoms with Gasteiger partial charge < -0.3 is 32.7 Å². The molecule has 2 aliphatic heterocycles. The van der Waals surface area contributed by atoms with Gasteiger partial charge in [0.15, 0.2) is 5.79 Å². The fraction of sp³-hybridized carbons (Fsp3) is 0.471. The van der Waals surface area contributed by atoms with Crippen molar-refractivity contribution < 1.29 is 37.3 Å². The first kappa shape index (κ1) is 32.9. The third kappa shape index (κ3) is 7.85. The van der Waals surface area contributed by atoms with E-state index in [-0.39, 0.29) is 26.4 Å². The van der Waals surface area contributed by atoms with E-state index in [4.69, 9.17) is 32.7 Å². The molecule has 5 rings (SSSR count). The van der Waals surface area contributed by atoms with Gasteiger partial charge >= 0.3 is 7.60 Å². The molecular formula is C34H44NO8P. The zero-order chi connectivity index (χ0) is 31.0. The molecule has 0 saturated carbocycles. The first-order valence-corrected chi connectivity index (χ1v) is 16.9. The number of hydrogen-bond donors (Lipinski definition) is 1. The van der Waals surface area contributed by atoms with Crippen LogP contribution in [0.4, 0.5) is 0 Å². The smallest absolute Gasteiger partial charge is 0.350 e. The van der Waals surface area contributed by atoms with Crippen LogP contribution >= 0.6 is 7.60 Å². The molecule has 0 aliphatic carbocycles. The summed E-state index contributed by atoms with van der Waals surface area (Å²) in [5, 5.41) is 3.46. The van der Waals surface area contributed by atoms with E-state index in [1.54, 1.807) is 13.8 Å². The van der Waals surface area contributed by atoms with Crippen molar-refractivity contribution in [3.8, 4) is 0 Å². The molecule has 2 aliphatic rings. The van der Waals surface area contributed by atoms with Crippen molar-refractivity contribution in [3.63, 3.8) is 0 Å². The van der Waals surface area contributed by atoms with Crippen molar-refractivity contribution in [2.45, 2.75) is 83.1 Å². The highest BCUT2D eigenvalue weighted by Crippen LogP contribution is 2.58. The zero-order valence-electron chi connectivity index (χ0n) is 25.9. The fourth-order valence-electron chi connectivity index (χ4n) is 5.78. The maximum Gasteiger partial charge on any atom is 0.350 e. The molecule has 44 heavy (non-hydrogen) atoms. The number of nitrogens with one attached hydrogen (secondary N) is 1. The Hall–Kier alpha value is -2.43. The normalized spacial score (nSPS) is 25.1. The molecule has 0 bridgehead atoms. The topological polar surface area (TPSA) is 93.7 Å². The van der Waals surface area contributed by atoms with Crippen LogP contribution < -0.4 is 5.32 Å². The van der Waals surface area contributed by atoms with Crippen LogP contribution in [0.15, 0.2) is 91.0 Å². The van der Waals surface area contributed by atoms with E-state index in [1.807, 2.05) is 105 Å². The third-order valence-corrected chi connectivity index (χ3v) is 9.94. The van der Waals surface area contributed by atoms with Gasteiger partial charge in [-0.05, 0) is 44.4 Å². The lowest BCUT2D eigenvalue weighted by Gasteiger charge is -2.35. The van der Waals surface area contributed by atoms with Gasteiger partial charge in [-0.3, -0.25) is 9.88 Å².